The summed E-state index contributed by atoms with van der Waals surface area (Å²) in [6, 6.07) is 9.34. The SMILES string of the molecule is CCCOc1cc(-c2cc(/C=C/C(=O)O)ccc2O)cc2c1C(C)(C)CCC2(C)C. The highest BCUT2D eigenvalue weighted by atomic mass is 16.5. The summed E-state index contributed by atoms with van der Waals surface area (Å²) >= 11 is 0. The molecule has 0 saturated carbocycles. The minimum Gasteiger partial charge on any atom is -0.507 e. The van der Waals surface area contributed by atoms with Gasteiger partial charge in [0, 0.05) is 17.2 Å². The molecule has 0 spiro atoms. The standard InChI is InChI=1S/C26H32O4/c1-6-13-30-22-16-18(15-20-24(22)26(4,5)12-11-25(20,2)3)19-14-17(7-9-21(19)27)8-10-23(28)29/h7-10,14-16,27H,6,11-13H2,1-5H3,(H,28,29)/b10-8+. The number of benzene rings is 2. The van der Waals surface area contributed by atoms with Crippen LogP contribution in [0.4, 0.5) is 0 Å². The fourth-order valence-electron chi connectivity index (χ4n) is 4.27. The van der Waals surface area contributed by atoms with Crippen LogP contribution in [0.1, 0.15) is 70.6 Å². The molecule has 0 bridgehead atoms. The van der Waals surface area contributed by atoms with Gasteiger partial charge in [-0.3, -0.25) is 0 Å². The number of hydrogen-bond donors (Lipinski definition) is 2. The lowest BCUT2D eigenvalue weighted by Crippen LogP contribution is -2.34. The van der Waals surface area contributed by atoms with Crippen molar-refractivity contribution in [2.45, 2.75) is 64.7 Å². The number of rotatable bonds is 6. The molecule has 2 N–H and O–H groups in total. The van der Waals surface area contributed by atoms with Crippen LogP contribution in [0, 0.1) is 0 Å². The third-order valence-electron chi connectivity index (χ3n) is 6.09. The Hall–Kier alpha value is -2.75. The highest BCUT2D eigenvalue weighted by Crippen LogP contribution is 2.51. The third kappa shape index (κ3) is 4.38. The van der Waals surface area contributed by atoms with Gasteiger partial charge in [-0.1, -0.05) is 40.7 Å². The zero-order valence-electron chi connectivity index (χ0n) is 18.6. The number of carboxylic acid groups (broad SMARTS) is 1. The molecule has 30 heavy (non-hydrogen) atoms. The smallest absolute Gasteiger partial charge is 0.328 e. The maximum absolute atomic E-state index is 10.9. The first kappa shape index (κ1) is 21.9. The maximum atomic E-state index is 10.9. The minimum atomic E-state index is -1.00. The van der Waals surface area contributed by atoms with Crippen molar-refractivity contribution in [1.82, 2.24) is 0 Å². The fourth-order valence-corrected chi connectivity index (χ4v) is 4.27. The van der Waals surface area contributed by atoms with E-state index in [1.807, 2.05) is 12.1 Å². The average Bonchev–Trinajstić information content (AvgIpc) is 2.68. The predicted molar refractivity (Wildman–Crippen MR) is 121 cm³/mol. The molecule has 0 unspecified atom stereocenters. The molecule has 0 aliphatic heterocycles. The lowest BCUT2D eigenvalue weighted by atomic mass is 9.62. The van der Waals surface area contributed by atoms with E-state index in [0.29, 0.717) is 12.2 Å². The van der Waals surface area contributed by atoms with Crippen molar-refractivity contribution < 1.29 is 19.7 Å². The Kier molecular flexibility index (Phi) is 5.98. The summed E-state index contributed by atoms with van der Waals surface area (Å²) in [6.45, 7) is 11.8. The van der Waals surface area contributed by atoms with Gasteiger partial charge in [-0.05, 0) is 77.1 Å². The van der Waals surface area contributed by atoms with Gasteiger partial charge in [0.2, 0.25) is 0 Å². The van der Waals surface area contributed by atoms with E-state index in [1.165, 1.54) is 17.2 Å². The van der Waals surface area contributed by atoms with Crippen molar-refractivity contribution >= 4 is 12.0 Å². The van der Waals surface area contributed by atoms with E-state index >= 15 is 0 Å². The number of phenols is 1. The second kappa shape index (κ2) is 8.17. The number of carbonyl (C=O) groups is 1. The number of carboxylic acids is 1. The summed E-state index contributed by atoms with van der Waals surface area (Å²) in [4.78, 5) is 10.9. The van der Waals surface area contributed by atoms with Crippen LogP contribution in [0.25, 0.3) is 17.2 Å². The quantitative estimate of drug-likeness (QED) is 0.551. The van der Waals surface area contributed by atoms with Crippen molar-refractivity contribution in [3.63, 3.8) is 0 Å². The molecule has 1 aliphatic rings. The second-order valence-electron chi connectivity index (χ2n) is 9.46. The van der Waals surface area contributed by atoms with Crippen LogP contribution in [-0.2, 0) is 15.6 Å². The van der Waals surface area contributed by atoms with E-state index in [1.54, 1.807) is 12.1 Å². The lowest BCUT2D eigenvalue weighted by molar-refractivity contribution is -0.131. The topological polar surface area (TPSA) is 66.8 Å². The van der Waals surface area contributed by atoms with Gasteiger partial charge >= 0.3 is 5.97 Å². The van der Waals surface area contributed by atoms with Crippen molar-refractivity contribution in [3.8, 4) is 22.6 Å². The molecule has 0 saturated heterocycles. The molecule has 2 aromatic carbocycles. The largest absolute Gasteiger partial charge is 0.507 e. The predicted octanol–water partition coefficient (Wildman–Crippen LogP) is 6.29. The van der Waals surface area contributed by atoms with Gasteiger partial charge in [-0.2, -0.15) is 0 Å². The van der Waals surface area contributed by atoms with Crippen molar-refractivity contribution in [2.24, 2.45) is 0 Å². The Labute approximate surface area is 179 Å². The lowest BCUT2D eigenvalue weighted by Gasteiger charge is -2.43. The van der Waals surface area contributed by atoms with E-state index in [4.69, 9.17) is 9.84 Å². The normalized spacial score (nSPS) is 17.0. The summed E-state index contributed by atoms with van der Waals surface area (Å²) in [5.41, 5.74) is 4.81. The minimum absolute atomic E-state index is 0.00161. The number of phenolic OH excluding ortho intramolecular Hbond substituents is 1. The molecule has 0 heterocycles. The summed E-state index contributed by atoms with van der Waals surface area (Å²) in [6.07, 6.45) is 5.73. The Morgan fingerprint density at radius 2 is 1.80 bits per heavy atom. The molecule has 3 rings (SSSR count). The third-order valence-corrected chi connectivity index (χ3v) is 6.09. The molecule has 2 aromatic rings. The number of aromatic hydroxyl groups is 1. The van der Waals surface area contributed by atoms with Crippen LogP contribution < -0.4 is 4.74 Å². The first-order valence-electron chi connectivity index (χ1n) is 10.6. The zero-order valence-corrected chi connectivity index (χ0v) is 18.6. The summed E-state index contributed by atoms with van der Waals surface area (Å²) in [5.74, 6) is 0.0439. The van der Waals surface area contributed by atoms with Gasteiger partial charge in [-0.15, -0.1) is 0 Å². The molecule has 1 aliphatic carbocycles. The van der Waals surface area contributed by atoms with E-state index in [9.17, 15) is 9.90 Å². The van der Waals surface area contributed by atoms with Crippen molar-refractivity contribution in [2.75, 3.05) is 6.61 Å². The Morgan fingerprint density at radius 1 is 1.10 bits per heavy atom. The molecule has 4 heteroatoms. The van der Waals surface area contributed by atoms with Crippen LogP contribution in [0.3, 0.4) is 0 Å². The highest BCUT2D eigenvalue weighted by molar-refractivity contribution is 5.86. The average molecular weight is 409 g/mol. The van der Waals surface area contributed by atoms with Crippen LogP contribution in [0.2, 0.25) is 0 Å². The molecule has 160 valence electrons. The zero-order chi connectivity index (χ0) is 22.1. The molecule has 0 radical (unpaired) electrons. The molecule has 0 fully saturated rings. The van der Waals surface area contributed by atoms with E-state index < -0.39 is 5.97 Å². The monoisotopic (exact) mass is 408 g/mol. The number of hydrogen-bond acceptors (Lipinski definition) is 3. The molecular formula is C26H32O4. The van der Waals surface area contributed by atoms with Crippen LogP contribution in [-0.4, -0.2) is 22.8 Å². The Morgan fingerprint density at radius 3 is 2.47 bits per heavy atom. The van der Waals surface area contributed by atoms with Crippen LogP contribution in [0.15, 0.2) is 36.4 Å². The van der Waals surface area contributed by atoms with Gasteiger partial charge in [0.25, 0.3) is 0 Å². The molecule has 0 atom stereocenters. The number of aliphatic carboxylic acids is 1. The molecule has 0 aromatic heterocycles. The first-order valence-corrected chi connectivity index (χ1v) is 10.6. The Balaban J connectivity index is 2.22. The molecule has 0 amide bonds. The van der Waals surface area contributed by atoms with Gasteiger partial charge in [0.1, 0.15) is 11.5 Å². The second-order valence-corrected chi connectivity index (χ2v) is 9.46. The van der Waals surface area contributed by atoms with Gasteiger partial charge in [0.05, 0.1) is 6.61 Å². The van der Waals surface area contributed by atoms with Crippen LogP contribution >= 0.6 is 0 Å². The summed E-state index contributed by atoms with van der Waals surface area (Å²) in [7, 11) is 0. The first-order chi connectivity index (χ1) is 14.0. The van der Waals surface area contributed by atoms with Crippen LogP contribution in [0.5, 0.6) is 11.5 Å². The summed E-state index contributed by atoms with van der Waals surface area (Å²) < 4.78 is 6.22. The van der Waals surface area contributed by atoms with Gasteiger partial charge in [-0.25, -0.2) is 4.79 Å². The molecular weight excluding hydrogens is 376 g/mol. The van der Waals surface area contributed by atoms with Crippen molar-refractivity contribution in [3.05, 3.63) is 53.1 Å². The van der Waals surface area contributed by atoms with E-state index in [-0.39, 0.29) is 16.6 Å². The highest BCUT2D eigenvalue weighted by Gasteiger charge is 2.39. The number of ether oxygens (including phenoxy) is 1. The van der Waals surface area contributed by atoms with Crippen molar-refractivity contribution in [1.29, 1.82) is 0 Å². The Bertz CT molecular complexity index is 983. The fraction of sp³-hybridized carbons (Fsp3) is 0.423. The summed E-state index contributed by atoms with van der Waals surface area (Å²) in [5, 5.41) is 19.5. The van der Waals surface area contributed by atoms with E-state index in [0.717, 1.165) is 42.2 Å². The maximum Gasteiger partial charge on any atom is 0.328 e. The van der Waals surface area contributed by atoms with Gasteiger partial charge < -0.3 is 14.9 Å². The van der Waals surface area contributed by atoms with E-state index in [2.05, 4.69) is 40.7 Å². The molecule has 4 nitrogen and oxygen atoms in total. The number of fused-ring (bicyclic) bond motifs is 1. The van der Waals surface area contributed by atoms with Gasteiger partial charge in [0.15, 0.2) is 0 Å².